The Morgan fingerprint density at radius 3 is 2.65 bits per heavy atom. The summed E-state index contributed by atoms with van der Waals surface area (Å²) < 4.78 is 0.896. The van der Waals surface area contributed by atoms with E-state index in [9.17, 15) is 14.4 Å². The van der Waals surface area contributed by atoms with Gasteiger partial charge in [-0.05, 0) is 61.8 Å². The number of amides is 3. The van der Waals surface area contributed by atoms with Crippen LogP contribution in [0.1, 0.15) is 56.1 Å². The van der Waals surface area contributed by atoms with Gasteiger partial charge in [-0.25, -0.2) is 0 Å². The van der Waals surface area contributed by atoms with Crippen LogP contribution in [0.4, 0.5) is 11.4 Å². The van der Waals surface area contributed by atoms with Crippen LogP contribution in [0.5, 0.6) is 0 Å². The normalized spacial score (nSPS) is 28.6. The minimum absolute atomic E-state index is 0.0143. The van der Waals surface area contributed by atoms with Crippen LogP contribution in [-0.4, -0.2) is 61.4 Å². The summed E-state index contributed by atoms with van der Waals surface area (Å²) in [6.07, 6.45) is 4.00. The van der Waals surface area contributed by atoms with E-state index in [1.807, 2.05) is 46.2 Å². The van der Waals surface area contributed by atoms with Gasteiger partial charge in [-0.2, -0.15) is 0 Å². The van der Waals surface area contributed by atoms with Crippen molar-refractivity contribution in [3.8, 4) is 0 Å². The van der Waals surface area contributed by atoms with Crippen molar-refractivity contribution in [3.63, 3.8) is 0 Å². The SMILES string of the molecule is CC1CN(C(=O)CN2C(=O)C3(CCN(C(=O)C4CCC5NNCC5C4)CC3)c3c(Br)cccc32)c2ccccc21. The molecule has 0 bridgehead atoms. The number of likely N-dealkylation sites (tertiary alicyclic amines) is 1. The van der Waals surface area contributed by atoms with Crippen LogP contribution in [0.3, 0.4) is 0 Å². The highest BCUT2D eigenvalue weighted by Gasteiger charge is 2.54. The summed E-state index contributed by atoms with van der Waals surface area (Å²) in [5, 5.41) is 0. The highest BCUT2D eigenvalue weighted by Crippen LogP contribution is 2.51. The number of nitrogens with zero attached hydrogens (tertiary/aromatic N) is 3. The van der Waals surface area contributed by atoms with Crippen LogP contribution in [-0.2, 0) is 19.8 Å². The first-order valence-electron chi connectivity index (χ1n) is 14.6. The summed E-state index contributed by atoms with van der Waals surface area (Å²) in [4.78, 5) is 47.0. The van der Waals surface area contributed by atoms with Gasteiger partial charge in [-0.15, -0.1) is 0 Å². The van der Waals surface area contributed by atoms with Crippen LogP contribution in [0.2, 0.25) is 0 Å². The first-order chi connectivity index (χ1) is 19.4. The van der Waals surface area contributed by atoms with Crippen molar-refractivity contribution in [2.45, 2.75) is 56.4 Å². The number of carbonyl (C=O) groups excluding carboxylic acids is 3. The minimum Gasteiger partial charge on any atom is -0.342 e. The molecule has 2 aromatic rings. The van der Waals surface area contributed by atoms with Gasteiger partial charge in [0, 0.05) is 65.5 Å². The molecule has 1 spiro atoms. The molecule has 5 aliphatic rings. The van der Waals surface area contributed by atoms with E-state index in [0.717, 1.165) is 47.2 Å². The average molecular weight is 607 g/mol. The summed E-state index contributed by atoms with van der Waals surface area (Å²) >= 11 is 3.74. The molecule has 0 aromatic heterocycles. The summed E-state index contributed by atoms with van der Waals surface area (Å²) in [6.45, 7) is 4.82. The van der Waals surface area contributed by atoms with E-state index in [2.05, 4.69) is 39.8 Å². The van der Waals surface area contributed by atoms with Gasteiger partial charge < -0.3 is 14.7 Å². The summed E-state index contributed by atoms with van der Waals surface area (Å²) in [7, 11) is 0. The number of anilines is 2. The second-order valence-electron chi connectivity index (χ2n) is 12.3. The average Bonchev–Trinajstić information content (AvgIpc) is 3.64. The van der Waals surface area contributed by atoms with Gasteiger partial charge in [0.15, 0.2) is 0 Å². The third-order valence-corrected chi connectivity index (χ3v) is 10.8. The number of halogens is 1. The van der Waals surface area contributed by atoms with Crippen molar-refractivity contribution in [1.82, 2.24) is 15.8 Å². The van der Waals surface area contributed by atoms with Gasteiger partial charge in [0.1, 0.15) is 6.54 Å². The molecule has 4 unspecified atom stereocenters. The van der Waals surface area contributed by atoms with Crippen molar-refractivity contribution in [2.75, 3.05) is 42.5 Å². The summed E-state index contributed by atoms with van der Waals surface area (Å²) in [5.41, 5.74) is 9.78. The molecule has 4 aliphatic heterocycles. The minimum atomic E-state index is -0.723. The molecule has 9 heteroatoms. The van der Waals surface area contributed by atoms with Crippen LogP contribution in [0.25, 0.3) is 0 Å². The molecule has 0 radical (unpaired) electrons. The maximum absolute atomic E-state index is 14.3. The Kier molecular flexibility index (Phi) is 6.52. The Balaban J connectivity index is 1.10. The Labute approximate surface area is 243 Å². The van der Waals surface area contributed by atoms with E-state index >= 15 is 0 Å². The monoisotopic (exact) mass is 605 g/mol. The maximum atomic E-state index is 14.3. The van der Waals surface area contributed by atoms with Crippen molar-refractivity contribution in [1.29, 1.82) is 0 Å². The summed E-state index contributed by atoms with van der Waals surface area (Å²) in [6, 6.07) is 14.4. The van der Waals surface area contributed by atoms with Crippen molar-refractivity contribution in [3.05, 3.63) is 58.1 Å². The molecule has 3 amide bonds. The molecular formula is C31H36BrN5O3. The van der Waals surface area contributed by atoms with E-state index < -0.39 is 5.41 Å². The summed E-state index contributed by atoms with van der Waals surface area (Å²) in [5.74, 6) is 1.00. The smallest absolute Gasteiger partial charge is 0.247 e. The van der Waals surface area contributed by atoms with E-state index in [1.165, 1.54) is 5.56 Å². The lowest BCUT2D eigenvalue weighted by molar-refractivity contribution is -0.140. The topological polar surface area (TPSA) is 85.0 Å². The molecule has 7 rings (SSSR count). The number of rotatable bonds is 3. The molecule has 210 valence electrons. The molecule has 4 atom stereocenters. The number of nitrogens with one attached hydrogen (secondary N) is 2. The van der Waals surface area contributed by atoms with Gasteiger partial charge in [-0.3, -0.25) is 25.2 Å². The number of piperidine rings is 1. The molecule has 1 aliphatic carbocycles. The maximum Gasteiger partial charge on any atom is 0.247 e. The third-order valence-electron chi connectivity index (χ3n) is 10.1. The second kappa shape index (κ2) is 9.96. The zero-order chi connectivity index (χ0) is 27.6. The predicted octanol–water partition coefficient (Wildman–Crippen LogP) is 3.70. The Bertz CT molecular complexity index is 1370. The molecule has 2 N–H and O–H groups in total. The van der Waals surface area contributed by atoms with E-state index in [0.29, 0.717) is 44.4 Å². The van der Waals surface area contributed by atoms with E-state index in [1.54, 1.807) is 4.90 Å². The molecule has 2 saturated heterocycles. The quantitative estimate of drug-likeness (QED) is 0.557. The van der Waals surface area contributed by atoms with Crippen LogP contribution in [0, 0.1) is 11.8 Å². The lowest BCUT2D eigenvalue weighted by Gasteiger charge is -2.41. The number of fused-ring (bicyclic) bond motifs is 4. The van der Waals surface area contributed by atoms with Crippen molar-refractivity contribution < 1.29 is 14.4 Å². The Morgan fingerprint density at radius 1 is 1.05 bits per heavy atom. The van der Waals surface area contributed by atoms with Gasteiger partial charge in [-0.1, -0.05) is 47.1 Å². The Morgan fingerprint density at radius 2 is 1.82 bits per heavy atom. The van der Waals surface area contributed by atoms with E-state index in [4.69, 9.17) is 0 Å². The van der Waals surface area contributed by atoms with Crippen LogP contribution in [0.15, 0.2) is 46.9 Å². The molecule has 8 nitrogen and oxygen atoms in total. The zero-order valence-electron chi connectivity index (χ0n) is 22.9. The van der Waals surface area contributed by atoms with Crippen molar-refractivity contribution >= 4 is 45.0 Å². The van der Waals surface area contributed by atoms with Crippen LogP contribution >= 0.6 is 15.9 Å². The molecule has 3 fully saturated rings. The number of hydrogen-bond acceptors (Lipinski definition) is 5. The van der Waals surface area contributed by atoms with Gasteiger partial charge >= 0.3 is 0 Å². The fourth-order valence-corrected chi connectivity index (χ4v) is 8.71. The first kappa shape index (κ1) is 26.2. The molecule has 2 aromatic carbocycles. The lowest BCUT2D eigenvalue weighted by Crippen LogP contribution is -2.53. The number of hydrazine groups is 1. The molecule has 4 heterocycles. The number of benzene rings is 2. The largest absolute Gasteiger partial charge is 0.342 e. The molecule has 40 heavy (non-hydrogen) atoms. The lowest BCUT2D eigenvalue weighted by atomic mass is 9.73. The number of para-hydroxylation sites is 1. The Hall–Kier alpha value is -2.75. The standard InChI is InChI=1S/C31H36BrN5O3/c1-19-17-36(25-7-3-2-5-22(19)25)27(38)18-37-26-8-4-6-23(32)28(26)31(30(37)40)11-13-35(14-12-31)29(39)20-9-10-24-21(15-20)16-33-34-24/h2-8,19-21,24,33-34H,9-18H2,1H3. The van der Waals surface area contributed by atoms with Crippen molar-refractivity contribution in [2.24, 2.45) is 11.8 Å². The van der Waals surface area contributed by atoms with Gasteiger partial charge in [0.2, 0.25) is 17.7 Å². The highest BCUT2D eigenvalue weighted by atomic mass is 79.9. The number of hydrogen-bond donors (Lipinski definition) is 2. The molecular weight excluding hydrogens is 570 g/mol. The van der Waals surface area contributed by atoms with Gasteiger partial charge in [0.25, 0.3) is 0 Å². The highest BCUT2D eigenvalue weighted by molar-refractivity contribution is 9.10. The predicted molar refractivity (Wildman–Crippen MR) is 157 cm³/mol. The zero-order valence-corrected chi connectivity index (χ0v) is 24.5. The fourth-order valence-electron chi connectivity index (χ4n) is 7.98. The fraction of sp³-hybridized carbons (Fsp3) is 0.516. The van der Waals surface area contributed by atoms with Crippen LogP contribution < -0.4 is 20.7 Å². The first-order valence-corrected chi connectivity index (χ1v) is 15.4. The third kappa shape index (κ3) is 4.03. The second-order valence-corrected chi connectivity index (χ2v) is 13.2. The number of carbonyl (C=O) groups is 3. The molecule has 1 saturated carbocycles. The van der Waals surface area contributed by atoms with E-state index in [-0.39, 0.29) is 36.1 Å². The van der Waals surface area contributed by atoms with Gasteiger partial charge in [0.05, 0.1) is 5.41 Å².